The van der Waals surface area contributed by atoms with Crippen molar-refractivity contribution < 1.29 is 36.0 Å². The Bertz CT molecular complexity index is 1290. The highest BCUT2D eigenvalue weighted by molar-refractivity contribution is 7.91. The molecule has 170 valence electrons. The summed E-state index contributed by atoms with van der Waals surface area (Å²) in [5.74, 6) is -3.26. The van der Waals surface area contributed by atoms with Crippen LogP contribution in [0.2, 0.25) is 0 Å². The molecule has 2 aromatic heterocycles. The van der Waals surface area contributed by atoms with E-state index in [2.05, 4.69) is 14.4 Å². The average Bonchev–Trinajstić information content (AvgIpc) is 3.11. The van der Waals surface area contributed by atoms with Crippen molar-refractivity contribution in [2.75, 3.05) is 0 Å². The summed E-state index contributed by atoms with van der Waals surface area (Å²) in [6.45, 7) is 0.168. The number of aliphatic carboxylic acids is 1. The van der Waals surface area contributed by atoms with Gasteiger partial charge in [0.05, 0.1) is 4.88 Å². The number of hydrogen-bond acceptors (Lipinski definition) is 7. The lowest BCUT2D eigenvalue weighted by molar-refractivity contribution is -0.155. The molecule has 32 heavy (non-hydrogen) atoms. The molecule has 2 heterocycles. The van der Waals surface area contributed by atoms with Crippen LogP contribution in [0.15, 0.2) is 51.2 Å². The Labute approximate surface area is 183 Å². The first-order valence-electron chi connectivity index (χ1n) is 9.17. The van der Waals surface area contributed by atoms with E-state index in [-0.39, 0.29) is 27.7 Å². The number of halogens is 3. The molecule has 13 heteroatoms. The number of nitrogens with zero attached hydrogens (tertiary/aromatic N) is 1. The maximum absolute atomic E-state index is 12.9. The minimum absolute atomic E-state index is 0.0367. The van der Waals surface area contributed by atoms with Crippen LogP contribution < -0.4 is 10.5 Å². The molecule has 0 bridgehead atoms. The monoisotopic (exact) mass is 487 g/mol. The third-order valence-electron chi connectivity index (χ3n) is 5.20. The first kappa shape index (κ1) is 22.5. The maximum atomic E-state index is 12.9. The summed E-state index contributed by atoms with van der Waals surface area (Å²) in [6, 6.07) is 10.0. The predicted octanol–water partition coefficient (Wildman–Crippen LogP) is 3.17. The fourth-order valence-electron chi connectivity index (χ4n) is 3.51. The Morgan fingerprint density at radius 2 is 2.03 bits per heavy atom. The Hall–Kier alpha value is -2.74. The third-order valence-corrected chi connectivity index (χ3v) is 8.31. The number of rotatable bonds is 7. The molecule has 3 aromatic rings. The smallest absolute Gasteiger partial charge is 0.452 e. The largest absolute Gasteiger partial charge is 0.480 e. The van der Waals surface area contributed by atoms with Crippen molar-refractivity contribution in [3.8, 4) is 10.6 Å². The Kier molecular flexibility index (Phi) is 5.40. The van der Waals surface area contributed by atoms with Gasteiger partial charge in [-0.3, -0.25) is 4.79 Å². The molecule has 1 aliphatic carbocycles. The van der Waals surface area contributed by atoms with Crippen molar-refractivity contribution >= 4 is 27.3 Å². The lowest BCUT2D eigenvalue weighted by Gasteiger charge is -2.16. The second-order valence-electron chi connectivity index (χ2n) is 7.23. The number of carboxylic acids is 1. The standard InChI is InChI=1S/C19H16F3N3O5S2/c20-19(21,22)15-7-13(24-30-15)14-5-6-16(31-14)32(28,29)25-18(17(26)27)8-12(18)11-4-2-1-3-10(11)9-23/h1-7,12,25H,8-9,23H2,(H,26,27)/t12-,18+/m0/s1. The molecule has 0 spiro atoms. The summed E-state index contributed by atoms with van der Waals surface area (Å²) in [7, 11) is -4.29. The van der Waals surface area contributed by atoms with Crippen LogP contribution in [0.3, 0.4) is 0 Å². The second-order valence-corrected chi connectivity index (χ2v) is 10.2. The van der Waals surface area contributed by atoms with E-state index in [1.54, 1.807) is 24.3 Å². The van der Waals surface area contributed by atoms with E-state index in [1.165, 1.54) is 12.1 Å². The SMILES string of the molecule is NCc1ccccc1[C@@H]1C[C@]1(NS(=O)(=O)c1ccc(-c2cc(C(F)(F)F)on2)s1)C(=O)O. The number of thiophene rings is 1. The van der Waals surface area contributed by atoms with Crippen molar-refractivity contribution in [2.24, 2.45) is 5.73 Å². The van der Waals surface area contributed by atoms with Gasteiger partial charge >= 0.3 is 12.1 Å². The fraction of sp³-hybridized carbons (Fsp3) is 0.263. The van der Waals surface area contributed by atoms with E-state index < -0.39 is 39.4 Å². The maximum Gasteiger partial charge on any atom is 0.452 e. The quantitative estimate of drug-likeness (QED) is 0.466. The summed E-state index contributed by atoms with van der Waals surface area (Å²) in [5.41, 5.74) is 5.15. The molecule has 0 amide bonds. The van der Waals surface area contributed by atoms with Crippen LogP contribution in [0.5, 0.6) is 0 Å². The van der Waals surface area contributed by atoms with Crippen molar-refractivity contribution in [1.82, 2.24) is 9.88 Å². The van der Waals surface area contributed by atoms with Crippen LogP contribution in [0.1, 0.15) is 29.2 Å². The molecule has 0 radical (unpaired) electrons. The van der Waals surface area contributed by atoms with Gasteiger partial charge in [-0.05, 0) is 29.7 Å². The highest BCUT2D eigenvalue weighted by Gasteiger charge is 2.63. The molecule has 4 N–H and O–H groups in total. The van der Waals surface area contributed by atoms with Gasteiger partial charge in [-0.15, -0.1) is 11.3 Å². The highest BCUT2D eigenvalue weighted by atomic mass is 32.2. The molecular weight excluding hydrogens is 471 g/mol. The Morgan fingerprint density at radius 1 is 1.31 bits per heavy atom. The summed E-state index contributed by atoms with van der Waals surface area (Å²) in [5, 5.41) is 13.1. The average molecular weight is 487 g/mol. The van der Waals surface area contributed by atoms with Crippen molar-refractivity contribution in [1.29, 1.82) is 0 Å². The van der Waals surface area contributed by atoms with Crippen LogP contribution in [-0.2, 0) is 27.5 Å². The van der Waals surface area contributed by atoms with Crippen LogP contribution in [0, 0.1) is 0 Å². The highest BCUT2D eigenvalue weighted by Crippen LogP contribution is 2.53. The van der Waals surface area contributed by atoms with Crippen LogP contribution in [0.4, 0.5) is 13.2 Å². The fourth-order valence-corrected chi connectivity index (χ4v) is 6.17. The zero-order valence-corrected chi connectivity index (χ0v) is 17.7. The van der Waals surface area contributed by atoms with Gasteiger partial charge < -0.3 is 15.4 Å². The van der Waals surface area contributed by atoms with Gasteiger partial charge in [-0.1, -0.05) is 29.4 Å². The van der Waals surface area contributed by atoms with Gasteiger partial charge in [-0.25, -0.2) is 8.42 Å². The lowest BCUT2D eigenvalue weighted by Crippen LogP contribution is -2.44. The molecule has 8 nitrogen and oxygen atoms in total. The summed E-state index contributed by atoms with van der Waals surface area (Å²) in [4.78, 5) is 12.1. The molecule has 4 rings (SSSR count). The van der Waals surface area contributed by atoms with E-state index in [0.717, 1.165) is 0 Å². The van der Waals surface area contributed by atoms with Gasteiger partial charge in [0.2, 0.25) is 5.76 Å². The van der Waals surface area contributed by atoms with Crippen LogP contribution in [0.25, 0.3) is 10.6 Å². The molecule has 1 saturated carbocycles. The molecule has 2 atom stereocenters. The topological polar surface area (TPSA) is 136 Å². The molecular formula is C19H16F3N3O5S2. The van der Waals surface area contributed by atoms with Crippen molar-refractivity contribution in [3.63, 3.8) is 0 Å². The first-order valence-corrected chi connectivity index (χ1v) is 11.5. The molecule has 1 aromatic carbocycles. The number of hydrogen-bond donors (Lipinski definition) is 3. The van der Waals surface area contributed by atoms with Crippen molar-refractivity contribution in [2.45, 2.75) is 34.8 Å². The summed E-state index contributed by atoms with van der Waals surface area (Å²) in [6.07, 6.45) is -4.69. The number of carboxylic acid groups (broad SMARTS) is 1. The third kappa shape index (κ3) is 3.92. The Morgan fingerprint density at radius 3 is 2.66 bits per heavy atom. The number of nitrogens with one attached hydrogen (secondary N) is 1. The van der Waals surface area contributed by atoms with E-state index >= 15 is 0 Å². The number of sulfonamides is 1. The predicted molar refractivity (Wildman–Crippen MR) is 107 cm³/mol. The van der Waals surface area contributed by atoms with Gasteiger partial charge in [-0.2, -0.15) is 17.9 Å². The summed E-state index contributed by atoms with van der Waals surface area (Å²) >= 11 is 0.649. The number of carbonyl (C=O) groups is 1. The van der Waals surface area contributed by atoms with E-state index in [9.17, 15) is 31.5 Å². The van der Waals surface area contributed by atoms with Gasteiger partial charge in [0.15, 0.2) is 0 Å². The minimum atomic E-state index is -4.73. The zero-order valence-electron chi connectivity index (χ0n) is 16.1. The van der Waals surface area contributed by atoms with Crippen LogP contribution in [-0.4, -0.2) is 30.2 Å². The number of benzene rings is 1. The molecule has 1 aliphatic rings. The zero-order chi connectivity index (χ0) is 23.3. The van der Waals surface area contributed by atoms with E-state index in [4.69, 9.17) is 5.73 Å². The Balaban J connectivity index is 1.60. The van der Waals surface area contributed by atoms with E-state index in [1.807, 2.05) is 0 Å². The van der Waals surface area contributed by atoms with E-state index in [0.29, 0.717) is 28.5 Å². The summed E-state index contributed by atoms with van der Waals surface area (Å²) < 4.78 is 70.2. The van der Waals surface area contributed by atoms with Gasteiger partial charge in [0.1, 0.15) is 15.4 Å². The molecule has 0 unspecified atom stereocenters. The minimum Gasteiger partial charge on any atom is -0.480 e. The molecule has 0 aliphatic heterocycles. The molecule has 1 fully saturated rings. The number of alkyl halides is 3. The second kappa shape index (κ2) is 7.69. The normalized spacial score (nSPS) is 20.9. The lowest BCUT2D eigenvalue weighted by atomic mass is 10.0. The molecule has 0 saturated heterocycles. The number of aromatic nitrogens is 1. The number of nitrogens with two attached hydrogens (primary N) is 1. The first-order chi connectivity index (χ1) is 15.0. The van der Waals surface area contributed by atoms with Gasteiger partial charge in [0, 0.05) is 18.5 Å². The van der Waals surface area contributed by atoms with Crippen molar-refractivity contribution in [3.05, 3.63) is 59.4 Å². The van der Waals surface area contributed by atoms with Gasteiger partial charge in [0.25, 0.3) is 10.0 Å². The van der Waals surface area contributed by atoms with Crippen LogP contribution >= 0.6 is 11.3 Å².